The van der Waals surface area contributed by atoms with Gasteiger partial charge in [0.05, 0.1) is 17.1 Å². The van der Waals surface area contributed by atoms with Gasteiger partial charge < -0.3 is 9.67 Å². The van der Waals surface area contributed by atoms with Gasteiger partial charge in [-0.2, -0.15) is 0 Å². The second-order valence-corrected chi connectivity index (χ2v) is 4.47. The lowest BCUT2D eigenvalue weighted by molar-refractivity contribution is -0.139. The fraction of sp³-hybridized carbons (Fsp3) is 0.385. The van der Waals surface area contributed by atoms with E-state index in [9.17, 15) is 4.79 Å². The molecule has 2 rings (SSSR count). The summed E-state index contributed by atoms with van der Waals surface area (Å²) < 4.78 is 1.99. The molecule has 0 bridgehead atoms. The summed E-state index contributed by atoms with van der Waals surface area (Å²) >= 11 is 0. The summed E-state index contributed by atoms with van der Waals surface area (Å²) in [4.78, 5) is 15.4. The van der Waals surface area contributed by atoms with E-state index in [1.165, 1.54) is 0 Å². The fourth-order valence-electron chi connectivity index (χ4n) is 2.07. The summed E-state index contributed by atoms with van der Waals surface area (Å²) in [6.45, 7) is 3.54. The summed E-state index contributed by atoms with van der Waals surface area (Å²) in [5.41, 5.74) is 1.97. The minimum absolute atomic E-state index is 0.117. The molecule has 0 amide bonds. The molecule has 18 heavy (non-hydrogen) atoms. The van der Waals surface area contributed by atoms with Crippen molar-refractivity contribution in [2.75, 3.05) is 0 Å². The van der Waals surface area contributed by atoms with E-state index in [2.05, 4.69) is 10.3 Å². The molecule has 5 nitrogen and oxygen atoms in total. The van der Waals surface area contributed by atoms with Crippen LogP contribution in [0.1, 0.15) is 25.7 Å². The number of rotatable bonds is 4. The highest BCUT2D eigenvalue weighted by atomic mass is 16.4. The molecule has 96 valence electrons. The van der Waals surface area contributed by atoms with Gasteiger partial charge in [0.15, 0.2) is 0 Å². The van der Waals surface area contributed by atoms with E-state index in [0.717, 1.165) is 16.9 Å². The number of nitrogens with zero attached hydrogens (tertiary/aromatic N) is 2. The van der Waals surface area contributed by atoms with Crippen LogP contribution in [0.4, 0.5) is 0 Å². The van der Waals surface area contributed by atoms with Gasteiger partial charge in [-0.15, -0.1) is 0 Å². The molecule has 1 heterocycles. The Labute approximate surface area is 105 Å². The fourth-order valence-corrected chi connectivity index (χ4v) is 2.07. The van der Waals surface area contributed by atoms with Crippen molar-refractivity contribution in [3.8, 4) is 0 Å². The number of aryl methyl sites for hydroxylation is 1. The molecule has 2 N–H and O–H groups in total. The number of fused-ring (bicyclic) bond motifs is 1. The monoisotopic (exact) mass is 247 g/mol. The predicted molar refractivity (Wildman–Crippen MR) is 69.4 cm³/mol. The van der Waals surface area contributed by atoms with E-state index in [-0.39, 0.29) is 6.04 Å². The third-order valence-corrected chi connectivity index (χ3v) is 3.08. The van der Waals surface area contributed by atoms with E-state index in [1.54, 1.807) is 6.92 Å². The molecular formula is C13H17N3O2. The smallest absolute Gasteiger partial charge is 0.320 e. The van der Waals surface area contributed by atoms with Crippen molar-refractivity contribution in [2.24, 2.45) is 7.05 Å². The maximum atomic E-state index is 10.8. The molecule has 1 aromatic carbocycles. The van der Waals surface area contributed by atoms with Crippen molar-refractivity contribution >= 4 is 17.0 Å². The number of aromatic nitrogens is 2. The Kier molecular flexibility index (Phi) is 3.34. The van der Waals surface area contributed by atoms with Crippen LogP contribution in [-0.2, 0) is 11.8 Å². The highest BCUT2D eigenvalue weighted by molar-refractivity contribution is 5.76. The predicted octanol–water partition coefficient (Wildman–Crippen LogP) is 1.70. The molecule has 1 aromatic heterocycles. The van der Waals surface area contributed by atoms with E-state index in [0.29, 0.717) is 0 Å². The largest absolute Gasteiger partial charge is 0.480 e. The first-order valence-corrected chi connectivity index (χ1v) is 5.91. The lowest BCUT2D eigenvalue weighted by Crippen LogP contribution is -2.36. The van der Waals surface area contributed by atoms with Crippen LogP contribution in [-0.4, -0.2) is 26.7 Å². The third kappa shape index (κ3) is 2.22. The van der Waals surface area contributed by atoms with Gasteiger partial charge in [-0.1, -0.05) is 12.1 Å². The van der Waals surface area contributed by atoms with Gasteiger partial charge in [-0.05, 0) is 26.0 Å². The second-order valence-electron chi connectivity index (χ2n) is 4.47. The van der Waals surface area contributed by atoms with Crippen LogP contribution in [0.25, 0.3) is 11.0 Å². The summed E-state index contributed by atoms with van der Waals surface area (Å²) in [5, 5.41) is 11.9. The SMILES string of the molecule is CC(NC(C)c1nc2ccccc2n1C)C(=O)O. The molecule has 0 aliphatic rings. The molecule has 2 unspecified atom stereocenters. The van der Waals surface area contributed by atoms with Crippen molar-refractivity contribution in [1.82, 2.24) is 14.9 Å². The van der Waals surface area contributed by atoms with Gasteiger partial charge in [-0.3, -0.25) is 10.1 Å². The molecule has 0 saturated heterocycles. The van der Waals surface area contributed by atoms with Gasteiger partial charge in [-0.25, -0.2) is 4.98 Å². The number of hydrogen-bond donors (Lipinski definition) is 2. The highest BCUT2D eigenvalue weighted by Crippen LogP contribution is 2.19. The molecule has 5 heteroatoms. The Hall–Kier alpha value is -1.88. The average Bonchev–Trinajstić information content (AvgIpc) is 2.67. The molecule has 0 saturated carbocycles. The van der Waals surface area contributed by atoms with Crippen molar-refractivity contribution in [2.45, 2.75) is 25.9 Å². The first-order chi connectivity index (χ1) is 8.50. The Balaban J connectivity index is 2.30. The number of carboxylic acid groups (broad SMARTS) is 1. The van der Waals surface area contributed by atoms with Gasteiger partial charge in [0.1, 0.15) is 11.9 Å². The maximum Gasteiger partial charge on any atom is 0.320 e. The third-order valence-electron chi connectivity index (χ3n) is 3.08. The van der Waals surface area contributed by atoms with Crippen LogP contribution in [0.3, 0.4) is 0 Å². The normalized spacial score (nSPS) is 14.6. The zero-order valence-electron chi connectivity index (χ0n) is 10.7. The first kappa shape index (κ1) is 12.6. The van der Waals surface area contributed by atoms with Crippen LogP contribution in [0.15, 0.2) is 24.3 Å². The van der Waals surface area contributed by atoms with Crippen molar-refractivity contribution in [3.63, 3.8) is 0 Å². The minimum Gasteiger partial charge on any atom is -0.480 e. The topological polar surface area (TPSA) is 67.2 Å². The Bertz CT molecular complexity index is 577. The van der Waals surface area contributed by atoms with E-state index in [4.69, 9.17) is 5.11 Å². The van der Waals surface area contributed by atoms with Crippen LogP contribution < -0.4 is 5.32 Å². The summed E-state index contributed by atoms with van der Waals surface area (Å²) in [6, 6.07) is 7.14. The molecule has 0 spiro atoms. The van der Waals surface area contributed by atoms with Gasteiger partial charge in [0.2, 0.25) is 0 Å². The number of aliphatic carboxylic acids is 1. The lowest BCUT2D eigenvalue weighted by atomic mass is 10.2. The zero-order chi connectivity index (χ0) is 13.3. The number of imidazole rings is 1. The number of hydrogen-bond acceptors (Lipinski definition) is 3. The minimum atomic E-state index is -0.861. The number of para-hydroxylation sites is 2. The van der Waals surface area contributed by atoms with E-state index in [1.807, 2.05) is 42.8 Å². The van der Waals surface area contributed by atoms with Crippen molar-refractivity contribution < 1.29 is 9.90 Å². The quantitative estimate of drug-likeness (QED) is 0.863. The molecule has 0 radical (unpaired) electrons. The number of carbonyl (C=O) groups is 1. The molecular weight excluding hydrogens is 230 g/mol. The maximum absolute atomic E-state index is 10.8. The van der Waals surface area contributed by atoms with Crippen molar-refractivity contribution in [3.05, 3.63) is 30.1 Å². The zero-order valence-corrected chi connectivity index (χ0v) is 10.7. The first-order valence-electron chi connectivity index (χ1n) is 5.91. The summed E-state index contributed by atoms with van der Waals surface area (Å²) in [6.07, 6.45) is 0. The number of nitrogens with one attached hydrogen (secondary N) is 1. The van der Waals surface area contributed by atoms with Gasteiger partial charge >= 0.3 is 5.97 Å². The molecule has 0 aliphatic heterocycles. The van der Waals surface area contributed by atoms with Gasteiger partial charge in [0, 0.05) is 7.05 Å². The highest BCUT2D eigenvalue weighted by Gasteiger charge is 2.19. The van der Waals surface area contributed by atoms with Crippen LogP contribution in [0, 0.1) is 0 Å². The Morgan fingerprint density at radius 3 is 2.67 bits per heavy atom. The second kappa shape index (κ2) is 4.78. The van der Waals surface area contributed by atoms with Gasteiger partial charge in [0.25, 0.3) is 0 Å². The molecule has 0 aliphatic carbocycles. The Morgan fingerprint density at radius 2 is 2.06 bits per heavy atom. The van der Waals surface area contributed by atoms with Crippen LogP contribution in [0.2, 0.25) is 0 Å². The molecule has 2 atom stereocenters. The lowest BCUT2D eigenvalue weighted by Gasteiger charge is -2.16. The number of carboxylic acids is 1. The van der Waals surface area contributed by atoms with E-state index < -0.39 is 12.0 Å². The summed E-state index contributed by atoms with van der Waals surface area (Å²) in [5.74, 6) is -0.0232. The van der Waals surface area contributed by atoms with Crippen LogP contribution in [0.5, 0.6) is 0 Å². The Morgan fingerprint density at radius 1 is 1.39 bits per heavy atom. The molecule has 2 aromatic rings. The van der Waals surface area contributed by atoms with E-state index >= 15 is 0 Å². The van der Waals surface area contributed by atoms with Crippen LogP contribution >= 0.6 is 0 Å². The summed E-state index contributed by atoms with van der Waals surface area (Å²) in [7, 11) is 1.94. The molecule has 0 fully saturated rings. The standard InChI is InChI=1S/C13H17N3O2/c1-8(14-9(2)13(17)18)12-15-10-6-4-5-7-11(10)16(12)3/h4-9,14H,1-3H3,(H,17,18). The number of benzene rings is 1. The van der Waals surface area contributed by atoms with Crippen molar-refractivity contribution in [1.29, 1.82) is 0 Å². The average molecular weight is 247 g/mol.